The molecule has 0 unspecified atom stereocenters. The number of hydrogen-bond acceptors (Lipinski definition) is 6. The van der Waals surface area contributed by atoms with Crippen molar-refractivity contribution in [1.82, 2.24) is 20.4 Å². The molecule has 1 aromatic rings. The average molecular weight is 338 g/mol. The summed E-state index contributed by atoms with van der Waals surface area (Å²) in [5.74, 6) is 1.46. The van der Waals surface area contributed by atoms with E-state index in [1.165, 1.54) is 0 Å². The van der Waals surface area contributed by atoms with Gasteiger partial charge in [-0.15, -0.1) is 0 Å². The van der Waals surface area contributed by atoms with Gasteiger partial charge in [-0.25, -0.2) is 0 Å². The second-order valence-electron chi connectivity index (χ2n) is 7.07. The molecule has 1 fully saturated rings. The second-order valence-corrected chi connectivity index (χ2v) is 7.07. The topological polar surface area (TPSA) is 80.5 Å². The van der Waals surface area contributed by atoms with Crippen LogP contribution in [0.3, 0.4) is 0 Å². The monoisotopic (exact) mass is 338 g/mol. The zero-order chi connectivity index (χ0) is 17.7. The van der Waals surface area contributed by atoms with E-state index < -0.39 is 0 Å². The van der Waals surface area contributed by atoms with Gasteiger partial charge in [-0.2, -0.15) is 4.98 Å². The van der Waals surface area contributed by atoms with Gasteiger partial charge in [0.2, 0.25) is 11.8 Å². The highest BCUT2D eigenvalue weighted by atomic mass is 16.5. The molecule has 0 aliphatic carbocycles. The smallest absolute Gasteiger partial charge is 0.227 e. The lowest BCUT2D eigenvalue weighted by molar-refractivity contribution is -0.121. The second kappa shape index (κ2) is 8.58. The maximum absolute atomic E-state index is 12.0. The van der Waals surface area contributed by atoms with Gasteiger partial charge in [0.25, 0.3) is 0 Å². The molecule has 2 heterocycles. The summed E-state index contributed by atoms with van der Waals surface area (Å²) < 4.78 is 10.9. The van der Waals surface area contributed by atoms with Crippen LogP contribution in [0.15, 0.2) is 4.52 Å². The quantitative estimate of drug-likeness (QED) is 0.816. The van der Waals surface area contributed by atoms with E-state index in [4.69, 9.17) is 9.26 Å². The van der Waals surface area contributed by atoms with Gasteiger partial charge in [0.1, 0.15) is 0 Å². The number of carbonyl (C=O) groups excluding carboxylic acids is 1. The van der Waals surface area contributed by atoms with Crippen molar-refractivity contribution in [3.05, 3.63) is 11.7 Å². The summed E-state index contributed by atoms with van der Waals surface area (Å²) in [7, 11) is 0. The van der Waals surface area contributed by atoms with Crippen LogP contribution in [0.25, 0.3) is 0 Å². The van der Waals surface area contributed by atoms with Gasteiger partial charge >= 0.3 is 0 Å². The maximum Gasteiger partial charge on any atom is 0.227 e. The molecule has 7 nitrogen and oxygen atoms in total. The van der Waals surface area contributed by atoms with Gasteiger partial charge in [-0.05, 0) is 20.8 Å². The van der Waals surface area contributed by atoms with E-state index in [1.54, 1.807) is 0 Å². The first-order valence-electron chi connectivity index (χ1n) is 8.83. The number of aromatic nitrogens is 2. The minimum absolute atomic E-state index is 0.0144. The summed E-state index contributed by atoms with van der Waals surface area (Å²) in [4.78, 5) is 18.7. The molecule has 7 heteroatoms. The van der Waals surface area contributed by atoms with Gasteiger partial charge in [-0.3, -0.25) is 9.69 Å². The van der Waals surface area contributed by atoms with Crippen molar-refractivity contribution >= 4 is 5.91 Å². The first-order chi connectivity index (χ1) is 11.3. The number of rotatable bonds is 7. The van der Waals surface area contributed by atoms with Crippen molar-refractivity contribution in [2.24, 2.45) is 0 Å². The molecule has 1 saturated heterocycles. The fraction of sp³-hybridized carbons (Fsp3) is 0.824. The Bertz CT molecular complexity index is 522. The average Bonchev–Trinajstić information content (AvgIpc) is 2.98. The van der Waals surface area contributed by atoms with Crippen LogP contribution in [0.5, 0.6) is 0 Å². The van der Waals surface area contributed by atoms with Gasteiger partial charge in [-0.1, -0.05) is 19.0 Å². The number of nitrogens with zero attached hydrogens (tertiary/aromatic N) is 3. The third kappa shape index (κ3) is 5.56. The standard InChI is InChI=1S/C17H30N4O3/c1-11(2)17-19-16(24-20-17)7-6-15(22)18-8-12(3)21-9-13(4)23-14(5)10-21/h11-14H,6-10H2,1-5H3,(H,18,22)/t12-,13-,14-/m1/s1. The number of ether oxygens (including phenoxy) is 1. The highest BCUT2D eigenvalue weighted by Crippen LogP contribution is 2.13. The third-order valence-corrected chi connectivity index (χ3v) is 4.23. The summed E-state index contributed by atoms with van der Waals surface area (Å²) in [6, 6.07) is 0.290. The molecule has 0 aromatic carbocycles. The van der Waals surface area contributed by atoms with Crippen LogP contribution in [-0.4, -0.2) is 58.8 Å². The van der Waals surface area contributed by atoms with Gasteiger partial charge in [0, 0.05) is 44.4 Å². The number of nitrogens with one attached hydrogen (secondary N) is 1. The zero-order valence-electron chi connectivity index (χ0n) is 15.4. The van der Waals surface area contributed by atoms with E-state index in [0.29, 0.717) is 37.1 Å². The van der Waals surface area contributed by atoms with Crippen molar-refractivity contribution in [3.63, 3.8) is 0 Å². The Kier molecular flexibility index (Phi) is 6.74. The molecule has 24 heavy (non-hydrogen) atoms. The molecular weight excluding hydrogens is 308 g/mol. The molecule has 1 aliphatic rings. The summed E-state index contributed by atoms with van der Waals surface area (Å²) in [5, 5.41) is 6.90. The Morgan fingerprint density at radius 1 is 1.29 bits per heavy atom. The summed E-state index contributed by atoms with van der Waals surface area (Å²) in [5.41, 5.74) is 0. The molecule has 1 aliphatic heterocycles. The van der Waals surface area contributed by atoms with Gasteiger partial charge in [0.05, 0.1) is 12.2 Å². The number of morpholine rings is 1. The number of aryl methyl sites for hydroxylation is 1. The van der Waals surface area contributed by atoms with Crippen LogP contribution in [0.4, 0.5) is 0 Å². The van der Waals surface area contributed by atoms with Crippen molar-refractivity contribution in [2.45, 2.75) is 71.6 Å². The zero-order valence-corrected chi connectivity index (χ0v) is 15.4. The summed E-state index contributed by atoms with van der Waals surface area (Å²) >= 11 is 0. The van der Waals surface area contributed by atoms with E-state index in [0.717, 1.165) is 13.1 Å². The number of carbonyl (C=O) groups is 1. The molecule has 1 aromatic heterocycles. The van der Waals surface area contributed by atoms with Crippen LogP contribution >= 0.6 is 0 Å². The summed E-state index contributed by atoms with van der Waals surface area (Å²) in [6.07, 6.45) is 1.31. The number of amides is 1. The maximum atomic E-state index is 12.0. The lowest BCUT2D eigenvalue weighted by atomic mass is 10.1. The lowest BCUT2D eigenvalue weighted by Crippen LogP contribution is -2.52. The predicted octanol–water partition coefficient (Wildman–Crippen LogP) is 1.74. The fourth-order valence-electron chi connectivity index (χ4n) is 2.88. The molecule has 0 spiro atoms. The molecule has 0 bridgehead atoms. The Hall–Kier alpha value is -1.47. The van der Waals surface area contributed by atoms with Crippen LogP contribution in [0, 0.1) is 0 Å². The molecule has 1 N–H and O–H groups in total. The van der Waals surface area contributed by atoms with Crippen LogP contribution in [0.2, 0.25) is 0 Å². The first kappa shape index (κ1) is 18.9. The lowest BCUT2D eigenvalue weighted by Gasteiger charge is -2.39. The molecule has 0 radical (unpaired) electrons. The highest BCUT2D eigenvalue weighted by molar-refractivity contribution is 5.76. The minimum atomic E-state index is 0.0144. The predicted molar refractivity (Wildman–Crippen MR) is 90.8 cm³/mol. The largest absolute Gasteiger partial charge is 0.373 e. The van der Waals surface area contributed by atoms with Crippen molar-refractivity contribution < 1.29 is 14.1 Å². The normalized spacial score (nSPS) is 23.4. The van der Waals surface area contributed by atoms with E-state index in [9.17, 15) is 4.79 Å². The highest BCUT2D eigenvalue weighted by Gasteiger charge is 2.25. The van der Waals surface area contributed by atoms with Crippen molar-refractivity contribution in [1.29, 1.82) is 0 Å². The van der Waals surface area contributed by atoms with E-state index in [-0.39, 0.29) is 24.0 Å². The van der Waals surface area contributed by atoms with Crippen LogP contribution in [0.1, 0.15) is 58.7 Å². The molecule has 0 saturated carbocycles. The van der Waals surface area contributed by atoms with Gasteiger partial charge < -0.3 is 14.6 Å². The molecule has 1 amide bonds. The summed E-state index contributed by atoms with van der Waals surface area (Å²) in [6.45, 7) is 12.8. The van der Waals surface area contributed by atoms with E-state index in [2.05, 4.69) is 41.1 Å². The molecule has 2 rings (SSSR count). The van der Waals surface area contributed by atoms with E-state index in [1.807, 2.05) is 13.8 Å². The number of hydrogen-bond donors (Lipinski definition) is 1. The van der Waals surface area contributed by atoms with Crippen LogP contribution < -0.4 is 5.32 Å². The minimum Gasteiger partial charge on any atom is -0.373 e. The first-order valence-corrected chi connectivity index (χ1v) is 8.83. The van der Waals surface area contributed by atoms with Crippen LogP contribution in [-0.2, 0) is 16.0 Å². The molecule has 136 valence electrons. The third-order valence-electron chi connectivity index (χ3n) is 4.23. The van der Waals surface area contributed by atoms with Crippen molar-refractivity contribution in [3.8, 4) is 0 Å². The molecule has 3 atom stereocenters. The fourth-order valence-corrected chi connectivity index (χ4v) is 2.88. The van der Waals surface area contributed by atoms with E-state index >= 15 is 0 Å². The molecular formula is C17H30N4O3. The Balaban J connectivity index is 1.70. The Morgan fingerprint density at radius 2 is 1.96 bits per heavy atom. The SMILES string of the molecule is CC(C)c1noc(CCC(=O)NC[C@@H](C)N2C[C@@H](C)O[C@H](C)C2)n1. The Morgan fingerprint density at radius 3 is 2.54 bits per heavy atom. The Labute approximate surface area is 144 Å². The van der Waals surface area contributed by atoms with Crippen molar-refractivity contribution in [2.75, 3.05) is 19.6 Å². The van der Waals surface area contributed by atoms with Gasteiger partial charge in [0.15, 0.2) is 5.82 Å².